The molecule has 0 saturated carbocycles. The van der Waals surface area contributed by atoms with Gasteiger partial charge in [0.25, 0.3) is 5.91 Å². The van der Waals surface area contributed by atoms with Crippen molar-refractivity contribution in [2.45, 2.75) is 52.0 Å². The highest BCUT2D eigenvalue weighted by Crippen LogP contribution is 2.29. The lowest BCUT2D eigenvalue weighted by molar-refractivity contribution is 0.0897. The topological polar surface area (TPSA) is 65.1 Å². The minimum absolute atomic E-state index is 0.0365. The smallest absolute Gasteiger partial charge is 0.251 e. The molecule has 0 fully saturated rings. The number of aliphatic hydroxyl groups is 1. The van der Waals surface area contributed by atoms with Gasteiger partial charge in [-0.05, 0) is 55.4 Å². The van der Waals surface area contributed by atoms with Crippen LogP contribution < -0.4 is 5.32 Å². The zero-order chi connectivity index (χ0) is 16.4. The number of aryl methyl sites for hydroxylation is 2. The summed E-state index contributed by atoms with van der Waals surface area (Å²) in [6.07, 6.45) is 5.92. The highest BCUT2D eigenvalue weighted by Gasteiger charge is 2.18. The monoisotopic (exact) mass is 314 g/mol. The second-order valence-electron chi connectivity index (χ2n) is 6.91. The Hall–Kier alpha value is -1.81. The Morgan fingerprint density at radius 2 is 2.04 bits per heavy atom. The second kappa shape index (κ2) is 6.75. The van der Waals surface area contributed by atoms with E-state index in [1.165, 1.54) is 35.9 Å². The average molecular weight is 314 g/mol. The third-order valence-electron chi connectivity index (χ3n) is 4.93. The van der Waals surface area contributed by atoms with Crippen LogP contribution in [0.25, 0.3) is 10.9 Å². The fraction of sp³-hybridized carbons (Fsp3) is 0.526. The maximum atomic E-state index is 12.5. The summed E-state index contributed by atoms with van der Waals surface area (Å²) in [4.78, 5) is 16.0. The number of H-pyrrole nitrogens is 1. The first-order valence-corrected chi connectivity index (χ1v) is 8.65. The number of benzene rings is 1. The molecule has 2 aromatic rings. The molecule has 0 saturated heterocycles. The number of aromatic amines is 1. The van der Waals surface area contributed by atoms with Crippen LogP contribution in [-0.4, -0.2) is 28.6 Å². The minimum Gasteiger partial charge on any atom is -0.394 e. The number of nitrogens with one attached hydrogen (secondary N) is 2. The molecule has 1 heterocycles. The maximum absolute atomic E-state index is 12.5. The average Bonchev–Trinajstić information content (AvgIpc) is 2.72. The fourth-order valence-electron chi connectivity index (χ4n) is 3.40. The van der Waals surface area contributed by atoms with E-state index in [1.54, 1.807) is 0 Å². The third-order valence-corrected chi connectivity index (χ3v) is 4.93. The number of aliphatic hydroxyl groups excluding tert-OH is 1. The predicted octanol–water partition coefficient (Wildman–Crippen LogP) is 3.18. The number of carbonyl (C=O) groups excluding carboxylic acids is 1. The van der Waals surface area contributed by atoms with E-state index in [0.717, 1.165) is 18.4 Å². The van der Waals surface area contributed by atoms with E-state index < -0.39 is 0 Å². The van der Waals surface area contributed by atoms with Crippen LogP contribution in [-0.2, 0) is 12.8 Å². The zero-order valence-corrected chi connectivity index (χ0v) is 14.0. The summed E-state index contributed by atoms with van der Waals surface area (Å²) in [7, 11) is 0. The number of rotatable bonds is 4. The van der Waals surface area contributed by atoms with Crippen molar-refractivity contribution >= 4 is 16.8 Å². The van der Waals surface area contributed by atoms with Crippen LogP contribution in [0.2, 0.25) is 0 Å². The molecule has 3 rings (SSSR count). The van der Waals surface area contributed by atoms with E-state index in [4.69, 9.17) is 0 Å². The standard InChI is InChI=1S/C19H26N2O2/c1-12(2)18(11-22)21-19(23)13-8-9-17-15(10-13)14-6-4-3-5-7-16(14)20-17/h8-10,12,18,20,22H,3-7,11H2,1-2H3,(H,21,23)/t18-/m1/s1. The highest BCUT2D eigenvalue weighted by atomic mass is 16.3. The van der Waals surface area contributed by atoms with Crippen molar-refractivity contribution in [1.29, 1.82) is 0 Å². The Morgan fingerprint density at radius 1 is 1.26 bits per heavy atom. The molecule has 1 aromatic carbocycles. The number of fused-ring (bicyclic) bond motifs is 3. The summed E-state index contributed by atoms with van der Waals surface area (Å²) >= 11 is 0. The van der Waals surface area contributed by atoms with Crippen LogP contribution in [0.3, 0.4) is 0 Å². The number of amides is 1. The third kappa shape index (κ3) is 3.27. The Labute approximate surface area is 137 Å². The zero-order valence-electron chi connectivity index (χ0n) is 14.0. The largest absolute Gasteiger partial charge is 0.394 e. The summed E-state index contributed by atoms with van der Waals surface area (Å²) in [5.41, 5.74) is 4.51. The minimum atomic E-state index is -0.207. The Kier molecular flexibility index (Phi) is 4.71. The van der Waals surface area contributed by atoms with E-state index in [2.05, 4.69) is 10.3 Å². The summed E-state index contributed by atoms with van der Waals surface area (Å²) in [5.74, 6) is 0.0967. The quantitative estimate of drug-likeness (QED) is 0.759. The number of hydrogen-bond acceptors (Lipinski definition) is 2. The van der Waals surface area contributed by atoms with Gasteiger partial charge in [-0.2, -0.15) is 0 Å². The van der Waals surface area contributed by atoms with Gasteiger partial charge < -0.3 is 15.4 Å². The molecular formula is C19H26N2O2. The van der Waals surface area contributed by atoms with Crippen LogP contribution in [0.5, 0.6) is 0 Å². The van der Waals surface area contributed by atoms with Crippen molar-refractivity contribution in [1.82, 2.24) is 10.3 Å². The predicted molar refractivity (Wildman–Crippen MR) is 92.7 cm³/mol. The lowest BCUT2D eigenvalue weighted by Crippen LogP contribution is -2.41. The molecule has 1 amide bonds. The number of carbonyl (C=O) groups is 1. The van der Waals surface area contributed by atoms with Gasteiger partial charge in [0.2, 0.25) is 0 Å². The van der Waals surface area contributed by atoms with Crippen LogP contribution >= 0.6 is 0 Å². The van der Waals surface area contributed by atoms with Crippen molar-refractivity contribution in [2.75, 3.05) is 6.61 Å². The molecule has 4 heteroatoms. The van der Waals surface area contributed by atoms with E-state index >= 15 is 0 Å². The highest BCUT2D eigenvalue weighted by molar-refractivity contribution is 5.99. The summed E-state index contributed by atoms with van der Waals surface area (Å²) in [5, 5.41) is 13.5. The second-order valence-corrected chi connectivity index (χ2v) is 6.91. The molecule has 1 aromatic heterocycles. The summed E-state index contributed by atoms with van der Waals surface area (Å²) in [6, 6.07) is 5.66. The van der Waals surface area contributed by atoms with Crippen LogP contribution in [0.4, 0.5) is 0 Å². The van der Waals surface area contributed by atoms with Gasteiger partial charge in [-0.3, -0.25) is 4.79 Å². The van der Waals surface area contributed by atoms with Gasteiger partial charge >= 0.3 is 0 Å². The van der Waals surface area contributed by atoms with Gasteiger partial charge in [-0.15, -0.1) is 0 Å². The first-order chi connectivity index (χ1) is 11.1. The molecule has 124 valence electrons. The summed E-state index contributed by atoms with van der Waals surface area (Å²) in [6.45, 7) is 3.96. The number of hydrogen-bond donors (Lipinski definition) is 3. The first-order valence-electron chi connectivity index (χ1n) is 8.65. The van der Waals surface area contributed by atoms with E-state index in [1.807, 2.05) is 32.0 Å². The van der Waals surface area contributed by atoms with Crippen LogP contribution in [0.15, 0.2) is 18.2 Å². The molecular weight excluding hydrogens is 288 g/mol. The molecule has 1 aliphatic rings. The molecule has 0 spiro atoms. The lowest BCUT2D eigenvalue weighted by atomic mass is 10.0. The molecule has 0 radical (unpaired) electrons. The molecule has 0 unspecified atom stereocenters. The van der Waals surface area contributed by atoms with Crippen molar-refractivity contribution < 1.29 is 9.90 Å². The maximum Gasteiger partial charge on any atom is 0.251 e. The molecule has 1 atom stereocenters. The van der Waals surface area contributed by atoms with Crippen LogP contribution in [0, 0.1) is 5.92 Å². The first kappa shape index (κ1) is 16.1. The van der Waals surface area contributed by atoms with Crippen molar-refractivity contribution in [3.05, 3.63) is 35.0 Å². The molecule has 23 heavy (non-hydrogen) atoms. The van der Waals surface area contributed by atoms with Gasteiger partial charge in [-0.25, -0.2) is 0 Å². The van der Waals surface area contributed by atoms with E-state index in [0.29, 0.717) is 5.56 Å². The summed E-state index contributed by atoms with van der Waals surface area (Å²) < 4.78 is 0. The van der Waals surface area contributed by atoms with E-state index in [-0.39, 0.29) is 24.5 Å². The molecule has 3 N–H and O–H groups in total. The fourth-order valence-corrected chi connectivity index (χ4v) is 3.40. The Balaban J connectivity index is 1.90. The molecule has 0 bridgehead atoms. The Bertz CT molecular complexity index is 703. The molecule has 0 aliphatic heterocycles. The van der Waals surface area contributed by atoms with Gasteiger partial charge in [0.05, 0.1) is 12.6 Å². The SMILES string of the molecule is CC(C)[C@@H](CO)NC(=O)c1ccc2[nH]c3c(c2c1)CCCCC3. The molecule has 1 aliphatic carbocycles. The lowest BCUT2D eigenvalue weighted by Gasteiger charge is -2.19. The van der Waals surface area contributed by atoms with Gasteiger partial charge in [0, 0.05) is 22.2 Å². The van der Waals surface area contributed by atoms with E-state index in [9.17, 15) is 9.90 Å². The van der Waals surface area contributed by atoms with Gasteiger partial charge in [-0.1, -0.05) is 20.3 Å². The van der Waals surface area contributed by atoms with Crippen molar-refractivity contribution in [3.8, 4) is 0 Å². The normalized spacial score (nSPS) is 16.2. The molecule has 4 nitrogen and oxygen atoms in total. The Morgan fingerprint density at radius 3 is 2.78 bits per heavy atom. The number of aromatic nitrogens is 1. The van der Waals surface area contributed by atoms with Crippen molar-refractivity contribution in [3.63, 3.8) is 0 Å². The van der Waals surface area contributed by atoms with Gasteiger partial charge in [0.15, 0.2) is 0 Å². The van der Waals surface area contributed by atoms with Gasteiger partial charge in [0.1, 0.15) is 0 Å². The van der Waals surface area contributed by atoms with Crippen LogP contribution in [0.1, 0.15) is 54.7 Å². The van der Waals surface area contributed by atoms with Crippen molar-refractivity contribution in [2.24, 2.45) is 5.92 Å².